The summed E-state index contributed by atoms with van der Waals surface area (Å²) in [4.78, 5) is 16.0. The fourth-order valence-electron chi connectivity index (χ4n) is 2.85. The SMILES string of the molecule is CCN(CC)CCCOc1ccc(C=O)c(OCCCN(CC)CC)c1. The normalized spacial score (nSPS) is 11.2. The third kappa shape index (κ3) is 8.19. The van der Waals surface area contributed by atoms with E-state index in [1.54, 1.807) is 6.07 Å². The van der Waals surface area contributed by atoms with E-state index >= 15 is 0 Å². The second-order valence-corrected chi connectivity index (χ2v) is 6.28. The molecule has 0 spiro atoms. The van der Waals surface area contributed by atoms with Crippen LogP contribution in [0.2, 0.25) is 0 Å². The van der Waals surface area contributed by atoms with Gasteiger partial charge in [0.15, 0.2) is 6.29 Å². The number of hydrogen-bond donors (Lipinski definition) is 0. The molecule has 0 aliphatic heterocycles. The third-order valence-corrected chi connectivity index (χ3v) is 4.66. The highest BCUT2D eigenvalue weighted by atomic mass is 16.5. The van der Waals surface area contributed by atoms with Crippen molar-refractivity contribution < 1.29 is 14.3 Å². The molecule has 0 saturated heterocycles. The second kappa shape index (κ2) is 13.6. The summed E-state index contributed by atoms with van der Waals surface area (Å²) >= 11 is 0. The van der Waals surface area contributed by atoms with Gasteiger partial charge < -0.3 is 19.3 Å². The van der Waals surface area contributed by atoms with Crippen molar-refractivity contribution in [3.8, 4) is 11.5 Å². The standard InChI is InChI=1S/C21H36N2O3/c1-5-22(6-2)13-9-15-25-20-12-11-19(18-24)21(17-20)26-16-10-14-23(7-3)8-4/h11-12,17-18H,5-10,13-16H2,1-4H3. The molecule has 1 aromatic rings. The Balaban J connectivity index is 2.47. The van der Waals surface area contributed by atoms with Gasteiger partial charge >= 0.3 is 0 Å². The number of benzene rings is 1. The quantitative estimate of drug-likeness (QED) is 0.350. The number of ether oxygens (including phenoxy) is 2. The molecule has 26 heavy (non-hydrogen) atoms. The Kier molecular flexibility index (Phi) is 11.7. The van der Waals surface area contributed by atoms with Crippen LogP contribution in [0, 0.1) is 0 Å². The molecule has 0 unspecified atom stereocenters. The highest BCUT2D eigenvalue weighted by molar-refractivity contribution is 5.79. The summed E-state index contributed by atoms with van der Waals surface area (Å²) in [5.41, 5.74) is 0.573. The Morgan fingerprint density at radius 1 is 0.846 bits per heavy atom. The molecule has 0 amide bonds. The van der Waals surface area contributed by atoms with Crippen LogP contribution in [-0.4, -0.2) is 68.6 Å². The maximum atomic E-state index is 11.2. The smallest absolute Gasteiger partial charge is 0.153 e. The zero-order valence-electron chi connectivity index (χ0n) is 17.0. The molecule has 0 aromatic heterocycles. The van der Waals surface area contributed by atoms with Gasteiger partial charge in [0.2, 0.25) is 0 Å². The van der Waals surface area contributed by atoms with Crippen molar-refractivity contribution in [2.75, 3.05) is 52.5 Å². The molecule has 0 bridgehead atoms. The largest absolute Gasteiger partial charge is 0.493 e. The molecule has 0 atom stereocenters. The van der Waals surface area contributed by atoms with Crippen LogP contribution in [0.15, 0.2) is 18.2 Å². The van der Waals surface area contributed by atoms with Crippen molar-refractivity contribution in [2.45, 2.75) is 40.5 Å². The van der Waals surface area contributed by atoms with Crippen molar-refractivity contribution in [2.24, 2.45) is 0 Å². The van der Waals surface area contributed by atoms with E-state index in [9.17, 15) is 4.79 Å². The molecule has 1 rings (SSSR count). The molecular formula is C21H36N2O3. The monoisotopic (exact) mass is 364 g/mol. The topological polar surface area (TPSA) is 42.0 Å². The summed E-state index contributed by atoms with van der Waals surface area (Å²) in [6, 6.07) is 5.44. The molecule has 1 aromatic carbocycles. The van der Waals surface area contributed by atoms with Crippen LogP contribution < -0.4 is 9.47 Å². The van der Waals surface area contributed by atoms with Gasteiger partial charge in [-0.1, -0.05) is 27.7 Å². The van der Waals surface area contributed by atoms with Crippen molar-refractivity contribution in [1.29, 1.82) is 0 Å². The first kappa shape index (κ1) is 22.5. The van der Waals surface area contributed by atoms with Crippen molar-refractivity contribution in [1.82, 2.24) is 9.80 Å². The Labute approximate surface area is 159 Å². The summed E-state index contributed by atoms with van der Waals surface area (Å²) < 4.78 is 11.7. The summed E-state index contributed by atoms with van der Waals surface area (Å²) in [6.45, 7) is 16.2. The van der Waals surface area contributed by atoms with Crippen LogP contribution in [0.3, 0.4) is 0 Å². The van der Waals surface area contributed by atoms with Crippen LogP contribution in [0.25, 0.3) is 0 Å². The zero-order valence-corrected chi connectivity index (χ0v) is 17.0. The molecule has 0 saturated carbocycles. The third-order valence-electron chi connectivity index (χ3n) is 4.66. The van der Waals surface area contributed by atoms with Crippen molar-refractivity contribution in [3.63, 3.8) is 0 Å². The average Bonchev–Trinajstić information content (AvgIpc) is 2.68. The summed E-state index contributed by atoms with van der Waals surface area (Å²) in [5.74, 6) is 1.37. The van der Waals surface area contributed by atoms with E-state index in [4.69, 9.17) is 9.47 Å². The summed E-state index contributed by atoms with van der Waals surface area (Å²) in [6.07, 6.45) is 2.76. The van der Waals surface area contributed by atoms with Crippen LogP contribution in [0.4, 0.5) is 0 Å². The van der Waals surface area contributed by atoms with Gasteiger partial charge in [0.1, 0.15) is 11.5 Å². The number of carbonyl (C=O) groups is 1. The Morgan fingerprint density at radius 3 is 1.88 bits per heavy atom. The number of nitrogens with zero attached hydrogens (tertiary/aromatic N) is 2. The lowest BCUT2D eigenvalue weighted by molar-refractivity contribution is 0.111. The van der Waals surface area contributed by atoms with E-state index in [2.05, 4.69) is 37.5 Å². The van der Waals surface area contributed by atoms with Gasteiger partial charge in [0.05, 0.1) is 18.8 Å². The Bertz CT molecular complexity index is 500. The number of aldehydes is 1. The number of carbonyl (C=O) groups excluding carboxylic acids is 1. The van der Waals surface area contributed by atoms with Crippen LogP contribution in [0.1, 0.15) is 50.9 Å². The van der Waals surface area contributed by atoms with E-state index in [-0.39, 0.29) is 0 Å². The fourth-order valence-corrected chi connectivity index (χ4v) is 2.85. The minimum atomic E-state index is 0.573. The second-order valence-electron chi connectivity index (χ2n) is 6.28. The minimum Gasteiger partial charge on any atom is -0.493 e. The summed E-state index contributed by atoms with van der Waals surface area (Å²) in [5, 5.41) is 0. The first-order chi connectivity index (χ1) is 12.7. The molecule has 0 heterocycles. The van der Waals surface area contributed by atoms with E-state index in [1.807, 2.05) is 12.1 Å². The van der Waals surface area contributed by atoms with Crippen molar-refractivity contribution >= 4 is 6.29 Å². The first-order valence-electron chi connectivity index (χ1n) is 9.97. The van der Waals surface area contributed by atoms with E-state index in [0.717, 1.165) is 64.1 Å². The minimum absolute atomic E-state index is 0.573. The van der Waals surface area contributed by atoms with Gasteiger partial charge in [0, 0.05) is 19.2 Å². The predicted octanol–water partition coefficient (Wildman–Crippen LogP) is 3.72. The zero-order chi connectivity index (χ0) is 19.2. The van der Waals surface area contributed by atoms with Gasteiger partial charge in [-0.15, -0.1) is 0 Å². The molecule has 5 nitrogen and oxygen atoms in total. The van der Waals surface area contributed by atoms with Crippen LogP contribution in [-0.2, 0) is 0 Å². The lowest BCUT2D eigenvalue weighted by Crippen LogP contribution is -2.25. The molecule has 0 fully saturated rings. The van der Waals surface area contributed by atoms with E-state index in [0.29, 0.717) is 24.5 Å². The maximum Gasteiger partial charge on any atom is 0.153 e. The molecular weight excluding hydrogens is 328 g/mol. The van der Waals surface area contributed by atoms with Crippen LogP contribution in [0.5, 0.6) is 11.5 Å². The van der Waals surface area contributed by atoms with Gasteiger partial charge in [-0.05, 0) is 51.2 Å². The number of hydrogen-bond acceptors (Lipinski definition) is 5. The predicted molar refractivity (Wildman–Crippen MR) is 108 cm³/mol. The lowest BCUT2D eigenvalue weighted by Gasteiger charge is -2.18. The van der Waals surface area contributed by atoms with E-state index in [1.165, 1.54) is 0 Å². The highest BCUT2D eigenvalue weighted by Gasteiger charge is 2.07. The van der Waals surface area contributed by atoms with Gasteiger partial charge in [-0.25, -0.2) is 0 Å². The highest BCUT2D eigenvalue weighted by Crippen LogP contribution is 2.24. The summed E-state index contributed by atoms with van der Waals surface area (Å²) in [7, 11) is 0. The average molecular weight is 365 g/mol. The molecule has 0 aliphatic carbocycles. The molecule has 5 heteroatoms. The Hall–Kier alpha value is -1.59. The van der Waals surface area contributed by atoms with Gasteiger partial charge in [-0.3, -0.25) is 4.79 Å². The molecule has 0 radical (unpaired) electrons. The Morgan fingerprint density at radius 2 is 1.38 bits per heavy atom. The first-order valence-corrected chi connectivity index (χ1v) is 9.97. The van der Waals surface area contributed by atoms with E-state index < -0.39 is 0 Å². The van der Waals surface area contributed by atoms with Crippen molar-refractivity contribution in [3.05, 3.63) is 23.8 Å². The molecule has 0 aliphatic rings. The molecule has 148 valence electrons. The van der Waals surface area contributed by atoms with Gasteiger partial charge in [-0.2, -0.15) is 0 Å². The maximum absolute atomic E-state index is 11.2. The van der Waals surface area contributed by atoms with Gasteiger partial charge in [0.25, 0.3) is 0 Å². The molecule has 0 N–H and O–H groups in total. The number of rotatable bonds is 15. The van der Waals surface area contributed by atoms with Crippen LogP contribution >= 0.6 is 0 Å². The fraction of sp³-hybridized carbons (Fsp3) is 0.667. The lowest BCUT2D eigenvalue weighted by atomic mass is 10.2.